The smallest absolute Gasteiger partial charge is 0.462 e. The Morgan fingerprint density at radius 3 is 1.38 bits per heavy atom. The summed E-state index contributed by atoms with van der Waals surface area (Å²) >= 11 is 0. The van der Waals surface area contributed by atoms with Crippen LogP contribution in [0.1, 0.15) is 219 Å². The Kier molecular flexibility index (Phi) is 40.9. The van der Waals surface area contributed by atoms with Gasteiger partial charge in [0.05, 0.1) is 13.2 Å². The number of carbonyl (C=O) groups excluding carboxylic acids is 2. The van der Waals surface area contributed by atoms with E-state index >= 15 is 0 Å². The molecule has 0 heterocycles. The lowest BCUT2D eigenvalue weighted by atomic mass is 10.0. The van der Waals surface area contributed by atoms with Crippen LogP contribution in [0, 0.1) is 0 Å². The number of rotatable bonds is 43. The molecule has 0 aromatic heterocycles. The Morgan fingerprint density at radius 2 is 0.945 bits per heavy atom. The van der Waals surface area contributed by atoms with Crippen LogP contribution in [-0.4, -0.2) is 49.3 Å². The van der Waals surface area contributed by atoms with E-state index in [0.29, 0.717) is 6.42 Å². The molecule has 2 atom stereocenters. The number of allylic oxidation sites excluding steroid dienone is 4. The highest BCUT2D eigenvalue weighted by molar-refractivity contribution is 7.47. The first kappa shape index (κ1) is 53.5. The monoisotopic (exact) mass is 800 g/mol. The number of ether oxygens (including phenoxy) is 2. The summed E-state index contributed by atoms with van der Waals surface area (Å²) in [6.45, 7) is 3.74. The maximum Gasteiger partial charge on any atom is 0.472 e. The number of phosphoric ester groups is 1. The Labute approximate surface area is 338 Å². The molecule has 3 N–H and O–H groups in total. The second kappa shape index (κ2) is 42.1. The van der Waals surface area contributed by atoms with Gasteiger partial charge in [-0.3, -0.25) is 18.6 Å². The highest BCUT2D eigenvalue weighted by atomic mass is 31.2. The number of unbranched alkanes of at least 4 members (excludes halogenated alkanes) is 26. The van der Waals surface area contributed by atoms with E-state index in [1.54, 1.807) is 0 Å². The van der Waals surface area contributed by atoms with E-state index in [4.69, 9.17) is 24.3 Å². The number of nitrogens with two attached hydrogens (primary N) is 1. The van der Waals surface area contributed by atoms with E-state index in [9.17, 15) is 19.0 Å². The maximum atomic E-state index is 12.6. The molecule has 0 spiro atoms. The van der Waals surface area contributed by atoms with Gasteiger partial charge in [-0.15, -0.1) is 0 Å². The summed E-state index contributed by atoms with van der Waals surface area (Å²) in [5, 5.41) is 0. The zero-order valence-electron chi connectivity index (χ0n) is 35.7. The molecule has 0 aromatic rings. The van der Waals surface area contributed by atoms with Crippen LogP contribution in [0.3, 0.4) is 0 Å². The largest absolute Gasteiger partial charge is 0.472 e. The zero-order chi connectivity index (χ0) is 40.3. The number of hydrogen-bond donors (Lipinski definition) is 2. The molecule has 9 nitrogen and oxygen atoms in total. The lowest BCUT2D eigenvalue weighted by molar-refractivity contribution is -0.161. The minimum Gasteiger partial charge on any atom is -0.462 e. The van der Waals surface area contributed by atoms with Gasteiger partial charge in [-0.1, -0.05) is 186 Å². The molecule has 0 amide bonds. The third-order valence-corrected chi connectivity index (χ3v) is 10.8. The fourth-order valence-electron chi connectivity index (χ4n) is 6.43. The first-order valence-electron chi connectivity index (χ1n) is 22.8. The normalized spacial score (nSPS) is 13.5. The number of phosphoric acid groups is 1. The van der Waals surface area contributed by atoms with Crippen LogP contribution in [0.5, 0.6) is 0 Å². The fourth-order valence-corrected chi connectivity index (χ4v) is 7.20. The van der Waals surface area contributed by atoms with Gasteiger partial charge in [0.25, 0.3) is 0 Å². The predicted octanol–water partition coefficient (Wildman–Crippen LogP) is 13.2. The van der Waals surface area contributed by atoms with Crippen LogP contribution in [-0.2, 0) is 32.7 Å². The highest BCUT2D eigenvalue weighted by Gasteiger charge is 2.26. The van der Waals surface area contributed by atoms with Crippen molar-refractivity contribution >= 4 is 19.8 Å². The molecule has 0 bridgehead atoms. The molecule has 324 valence electrons. The fraction of sp³-hybridized carbons (Fsp3) is 0.867. The van der Waals surface area contributed by atoms with Gasteiger partial charge in [-0.05, 0) is 44.9 Å². The van der Waals surface area contributed by atoms with Crippen LogP contribution in [0.15, 0.2) is 24.3 Å². The Hall–Kier alpha value is -1.51. The molecule has 0 aromatic carbocycles. The van der Waals surface area contributed by atoms with E-state index in [-0.39, 0.29) is 38.6 Å². The summed E-state index contributed by atoms with van der Waals surface area (Å²) in [5.41, 5.74) is 5.35. The standard InChI is InChI=1S/C45H86NO8P/c1-3-5-7-9-11-13-15-17-18-19-20-21-22-23-24-26-28-30-32-34-36-38-45(48)54-43(42-53-55(49,50)52-40-39-46)41-51-44(47)37-35-33-31-29-27-25-16-14-12-10-8-6-4-2/h15,17,19-20,43H,3-14,16,18,21-42,46H2,1-2H3,(H,49,50)/b17-15-,20-19-. The summed E-state index contributed by atoms with van der Waals surface area (Å²) in [4.78, 5) is 34.9. The summed E-state index contributed by atoms with van der Waals surface area (Å²) in [5.74, 6) is -0.825. The molecule has 0 aliphatic carbocycles. The number of carbonyl (C=O) groups is 2. The molecule has 10 heteroatoms. The van der Waals surface area contributed by atoms with E-state index in [1.807, 2.05) is 0 Å². The van der Waals surface area contributed by atoms with Crippen LogP contribution >= 0.6 is 7.82 Å². The minimum atomic E-state index is -4.37. The molecule has 0 rings (SSSR count). The van der Waals surface area contributed by atoms with Gasteiger partial charge in [0.1, 0.15) is 6.61 Å². The van der Waals surface area contributed by atoms with Crippen LogP contribution < -0.4 is 5.73 Å². The number of hydrogen-bond acceptors (Lipinski definition) is 8. The van der Waals surface area contributed by atoms with Crippen molar-refractivity contribution in [2.45, 2.75) is 225 Å². The lowest BCUT2D eigenvalue weighted by Gasteiger charge is -2.19. The van der Waals surface area contributed by atoms with Gasteiger partial charge in [-0.25, -0.2) is 4.57 Å². The molecular weight excluding hydrogens is 713 g/mol. The van der Waals surface area contributed by atoms with E-state index in [0.717, 1.165) is 51.4 Å². The van der Waals surface area contributed by atoms with Crippen LogP contribution in [0.2, 0.25) is 0 Å². The average Bonchev–Trinajstić information content (AvgIpc) is 3.17. The van der Waals surface area contributed by atoms with Crippen molar-refractivity contribution in [2.75, 3.05) is 26.4 Å². The van der Waals surface area contributed by atoms with Crippen molar-refractivity contribution in [1.29, 1.82) is 0 Å². The minimum absolute atomic E-state index is 0.0543. The van der Waals surface area contributed by atoms with Crippen molar-refractivity contribution in [3.8, 4) is 0 Å². The van der Waals surface area contributed by atoms with Gasteiger partial charge in [0, 0.05) is 19.4 Å². The second-order valence-electron chi connectivity index (χ2n) is 15.3. The Morgan fingerprint density at radius 1 is 0.545 bits per heavy atom. The van der Waals surface area contributed by atoms with Crippen LogP contribution in [0.25, 0.3) is 0 Å². The first-order chi connectivity index (χ1) is 26.8. The summed E-state index contributed by atoms with van der Waals surface area (Å²) < 4.78 is 32.8. The molecule has 0 saturated heterocycles. The zero-order valence-corrected chi connectivity index (χ0v) is 36.6. The summed E-state index contributed by atoms with van der Waals surface area (Å²) in [6, 6.07) is 0. The summed E-state index contributed by atoms with van der Waals surface area (Å²) in [7, 11) is -4.37. The van der Waals surface area contributed by atoms with E-state index in [1.165, 1.54) is 135 Å². The van der Waals surface area contributed by atoms with Crippen molar-refractivity contribution in [3.63, 3.8) is 0 Å². The third-order valence-electron chi connectivity index (χ3n) is 9.84. The Bertz CT molecular complexity index is 959. The topological polar surface area (TPSA) is 134 Å². The quantitative estimate of drug-likeness (QED) is 0.0267. The molecule has 2 unspecified atom stereocenters. The Balaban J connectivity index is 4.09. The molecule has 55 heavy (non-hydrogen) atoms. The van der Waals surface area contributed by atoms with Gasteiger partial charge in [0.2, 0.25) is 0 Å². The maximum absolute atomic E-state index is 12.6. The summed E-state index contributed by atoms with van der Waals surface area (Å²) in [6.07, 6.45) is 44.9. The van der Waals surface area contributed by atoms with Gasteiger partial charge < -0.3 is 20.1 Å². The van der Waals surface area contributed by atoms with Gasteiger partial charge in [0.15, 0.2) is 6.10 Å². The predicted molar refractivity (Wildman–Crippen MR) is 229 cm³/mol. The van der Waals surface area contributed by atoms with Crippen molar-refractivity contribution < 1.29 is 37.6 Å². The van der Waals surface area contributed by atoms with E-state index < -0.39 is 26.5 Å². The van der Waals surface area contributed by atoms with Crippen LogP contribution in [0.4, 0.5) is 0 Å². The van der Waals surface area contributed by atoms with Crippen molar-refractivity contribution in [2.24, 2.45) is 5.73 Å². The van der Waals surface area contributed by atoms with Gasteiger partial charge >= 0.3 is 19.8 Å². The highest BCUT2D eigenvalue weighted by Crippen LogP contribution is 2.43. The SMILES string of the molecule is CCCCCCC/C=C\C/C=C\CCCCCCCCCCCC(=O)OC(COC(=O)CCCCCCCCCCCCCCC)COP(=O)(O)OCCN. The molecule has 0 aliphatic heterocycles. The second-order valence-corrected chi connectivity index (χ2v) is 16.7. The van der Waals surface area contributed by atoms with Crippen molar-refractivity contribution in [3.05, 3.63) is 24.3 Å². The molecular formula is C45H86NO8P. The average molecular weight is 800 g/mol. The number of esters is 2. The molecule has 0 aliphatic rings. The molecule has 0 saturated carbocycles. The van der Waals surface area contributed by atoms with Crippen molar-refractivity contribution in [1.82, 2.24) is 0 Å². The third kappa shape index (κ3) is 41.9. The molecule has 0 radical (unpaired) electrons. The molecule has 0 fully saturated rings. The lowest BCUT2D eigenvalue weighted by Crippen LogP contribution is -2.29. The first-order valence-corrected chi connectivity index (χ1v) is 24.3. The van der Waals surface area contributed by atoms with Gasteiger partial charge in [-0.2, -0.15) is 0 Å². The van der Waals surface area contributed by atoms with E-state index in [2.05, 4.69) is 38.2 Å².